The SMILES string of the molecule is CCOC(c1ccccc1)C(O)Cc1ccc(Cl)cc1. The van der Waals surface area contributed by atoms with Gasteiger partial charge in [-0.25, -0.2) is 0 Å². The van der Waals surface area contributed by atoms with Gasteiger partial charge in [-0.15, -0.1) is 0 Å². The Kier molecular flexibility index (Phi) is 5.60. The van der Waals surface area contributed by atoms with Crippen molar-refractivity contribution >= 4 is 11.6 Å². The number of hydrogen-bond donors (Lipinski definition) is 1. The third-order valence-corrected chi connectivity index (χ3v) is 3.43. The van der Waals surface area contributed by atoms with Crippen LogP contribution < -0.4 is 0 Å². The minimum Gasteiger partial charge on any atom is -0.390 e. The second-order valence-corrected chi connectivity index (χ2v) is 5.12. The summed E-state index contributed by atoms with van der Waals surface area (Å²) < 4.78 is 5.71. The zero-order valence-corrected chi connectivity index (χ0v) is 12.3. The molecule has 0 aliphatic rings. The summed E-state index contributed by atoms with van der Waals surface area (Å²) in [6.45, 7) is 2.50. The number of benzene rings is 2. The van der Waals surface area contributed by atoms with Gasteiger partial charge in [0.1, 0.15) is 6.10 Å². The van der Waals surface area contributed by atoms with Gasteiger partial charge in [-0.1, -0.05) is 54.1 Å². The first-order chi connectivity index (χ1) is 9.70. The average molecular weight is 291 g/mol. The molecule has 0 saturated carbocycles. The molecule has 0 amide bonds. The normalized spacial score (nSPS) is 13.9. The average Bonchev–Trinajstić information content (AvgIpc) is 2.48. The molecular formula is C17H19ClO2. The molecule has 1 N–H and O–H groups in total. The Morgan fingerprint density at radius 2 is 1.70 bits per heavy atom. The van der Waals surface area contributed by atoms with E-state index in [1.165, 1.54) is 0 Å². The summed E-state index contributed by atoms with van der Waals surface area (Å²) in [5.74, 6) is 0. The summed E-state index contributed by atoms with van der Waals surface area (Å²) in [6, 6.07) is 17.4. The lowest BCUT2D eigenvalue weighted by molar-refractivity contribution is -0.0339. The van der Waals surface area contributed by atoms with E-state index < -0.39 is 6.10 Å². The van der Waals surface area contributed by atoms with Crippen LogP contribution in [-0.2, 0) is 11.2 Å². The van der Waals surface area contributed by atoms with E-state index in [4.69, 9.17) is 16.3 Å². The number of aliphatic hydroxyl groups is 1. The van der Waals surface area contributed by atoms with Crippen LogP contribution in [0.2, 0.25) is 5.02 Å². The van der Waals surface area contributed by atoms with Crippen LogP contribution in [0.5, 0.6) is 0 Å². The molecule has 0 heterocycles. The van der Waals surface area contributed by atoms with Crippen molar-refractivity contribution in [3.05, 3.63) is 70.7 Å². The quantitative estimate of drug-likeness (QED) is 0.871. The molecule has 2 aromatic rings. The standard InChI is InChI=1S/C17H19ClO2/c1-2-20-17(14-6-4-3-5-7-14)16(19)12-13-8-10-15(18)11-9-13/h3-11,16-17,19H,2,12H2,1H3. The lowest BCUT2D eigenvalue weighted by Gasteiger charge is -2.23. The molecule has 0 bridgehead atoms. The molecule has 3 heteroatoms. The molecule has 2 atom stereocenters. The monoisotopic (exact) mass is 290 g/mol. The van der Waals surface area contributed by atoms with E-state index in [1.54, 1.807) is 0 Å². The van der Waals surface area contributed by atoms with Crippen molar-refractivity contribution < 1.29 is 9.84 Å². The van der Waals surface area contributed by atoms with Crippen LogP contribution in [0, 0.1) is 0 Å². The predicted molar refractivity (Wildman–Crippen MR) is 82.0 cm³/mol. The molecule has 0 aliphatic carbocycles. The Balaban J connectivity index is 2.11. The van der Waals surface area contributed by atoms with Crippen molar-refractivity contribution in [2.45, 2.75) is 25.6 Å². The highest BCUT2D eigenvalue weighted by molar-refractivity contribution is 6.30. The molecular weight excluding hydrogens is 272 g/mol. The van der Waals surface area contributed by atoms with Crippen molar-refractivity contribution in [1.29, 1.82) is 0 Å². The van der Waals surface area contributed by atoms with Crippen LogP contribution in [0.4, 0.5) is 0 Å². The number of rotatable bonds is 6. The zero-order valence-electron chi connectivity index (χ0n) is 11.5. The summed E-state index contributed by atoms with van der Waals surface area (Å²) in [5, 5.41) is 11.2. The lowest BCUT2D eigenvalue weighted by atomic mass is 9.98. The number of ether oxygens (including phenoxy) is 1. The Labute approximate surface area is 125 Å². The molecule has 0 aromatic heterocycles. The molecule has 2 nitrogen and oxygen atoms in total. The maximum atomic E-state index is 10.5. The van der Waals surface area contributed by atoms with Gasteiger partial charge in [0, 0.05) is 18.1 Å². The smallest absolute Gasteiger partial charge is 0.109 e. The number of halogens is 1. The van der Waals surface area contributed by atoms with E-state index in [-0.39, 0.29) is 6.10 Å². The third-order valence-electron chi connectivity index (χ3n) is 3.18. The summed E-state index contributed by atoms with van der Waals surface area (Å²) >= 11 is 5.87. The van der Waals surface area contributed by atoms with Crippen molar-refractivity contribution in [3.63, 3.8) is 0 Å². The summed E-state index contributed by atoms with van der Waals surface area (Å²) in [5.41, 5.74) is 2.04. The Bertz CT molecular complexity index is 510. The lowest BCUT2D eigenvalue weighted by Crippen LogP contribution is -2.23. The van der Waals surface area contributed by atoms with Gasteiger partial charge < -0.3 is 9.84 Å². The number of hydrogen-bond acceptors (Lipinski definition) is 2. The highest BCUT2D eigenvalue weighted by Gasteiger charge is 2.21. The van der Waals surface area contributed by atoms with Crippen LogP contribution in [-0.4, -0.2) is 17.8 Å². The predicted octanol–water partition coefficient (Wildman–Crippen LogP) is 4.02. The van der Waals surface area contributed by atoms with Crippen molar-refractivity contribution in [1.82, 2.24) is 0 Å². The van der Waals surface area contributed by atoms with Gasteiger partial charge in [-0.2, -0.15) is 0 Å². The van der Waals surface area contributed by atoms with Crippen LogP contribution in [0.1, 0.15) is 24.2 Å². The molecule has 2 rings (SSSR count). The maximum absolute atomic E-state index is 10.5. The largest absolute Gasteiger partial charge is 0.390 e. The minimum atomic E-state index is -0.585. The van der Waals surface area contributed by atoms with Gasteiger partial charge in [0.15, 0.2) is 0 Å². The topological polar surface area (TPSA) is 29.5 Å². The van der Waals surface area contributed by atoms with Crippen LogP contribution in [0.25, 0.3) is 0 Å². The van der Waals surface area contributed by atoms with Crippen molar-refractivity contribution in [3.8, 4) is 0 Å². The molecule has 0 saturated heterocycles. The van der Waals surface area contributed by atoms with Gasteiger partial charge in [0.25, 0.3) is 0 Å². The first-order valence-electron chi connectivity index (χ1n) is 6.79. The molecule has 2 unspecified atom stereocenters. The first-order valence-corrected chi connectivity index (χ1v) is 7.17. The van der Waals surface area contributed by atoms with Gasteiger partial charge in [0.05, 0.1) is 6.10 Å². The summed E-state index contributed by atoms with van der Waals surface area (Å²) in [4.78, 5) is 0. The highest BCUT2D eigenvalue weighted by Crippen LogP contribution is 2.24. The van der Waals surface area contributed by atoms with Crippen LogP contribution in [0.15, 0.2) is 54.6 Å². The highest BCUT2D eigenvalue weighted by atomic mass is 35.5. The van der Waals surface area contributed by atoms with Crippen molar-refractivity contribution in [2.24, 2.45) is 0 Å². The first kappa shape index (κ1) is 15.0. The zero-order chi connectivity index (χ0) is 14.4. The van der Waals surface area contributed by atoms with Crippen molar-refractivity contribution in [2.75, 3.05) is 6.61 Å². The molecule has 0 aliphatic heterocycles. The van der Waals surface area contributed by atoms with Gasteiger partial charge >= 0.3 is 0 Å². The van der Waals surface area contributed by atoms with Crippen LogP contribution >= 0.6 is 11.6 Å². The van der Waals surface area contributed by atoms with E-state index in [0.717, 1.165) is 11.1 Å². The molecule has 106 valence electrons. The maximum Gasteiger partial charge on any atom is 0.109 e. The number of aliphatic hydroxyl groups excluding tert-OH is 1. The Hall–Kier alpha value is -1.35. The van der Waals surface area contributed by atoms with E-state index >= 15 is 0 Å². The Morgan fingerprint density at radius 3 is 2.30 bits per heavy atom. The third kappa shape index (κ3) is 4.07. The fourth-order valence-electron chi connectivity index (χ4n) is 2.22. The molecule has 20 heavy (non-hydrogen) atoms. The van der Waals surface area contributed by atoms with E-state index in [9.17, 15) is 5.11 Å². The fraction of sp³-hybridized carbons (Fsp3) is 0.294. The van der Waals surface area contributed by atoms with Gasteiger partial charge in [-0.05, 0) is 30.2 Å². The Morgan fingerprint density at radius 1 is 1.05 bits per heavy atom. The molecule has 0 spiro atoms. The second-order valence-electron chi connectivity index (χ2n) is 4.68. The second kappa shape index (κ2) is 7.44. The van der Waals surface area contributed by atoms with Gasteiger partial charge in [0.2, 0.25) is 0 Å². The molecule has 2 aromatic carbocycles. The minimum absolute atomic E-state index is 0.308. The van der Waals surface area contributed by atoms with Crippen LogP contribution in [0.3, 0.4) is 0 Å². The fourth-order valence-corrected chi connectivity index (χ4v) is 2.35. The summed E-state index contributed by atoms with van der Waals surface area (Å²) in [6.07, 6.45) is -0.355. The summed E-state index contributed by atoms with van der Waals surface area (Å²) in [7, 11) is 0. The van der Waals surface area contributed by atoms with E-state index in [0.29, 0.717) is 18.1 Å². The van der Waals surface area contributed by atoms with Gasteiger partial charge in [-0.3, -0.25) is 0 Å². The van der Waals surface area contributed by atoms with E-state index in [2.05, 4.69) is 0 Å². The van der Waals surface area contributed by atoms with E-state index in [1.807, 2.05) is 61.5 Å². The molecule has 0 radical (unpaired) electrons. The molecule has 0 fully saturated rings.